The molecule has 5 fully saturated rings. The SMILES string of the molecule is c1c[nH]c(C2CN(N3CCCCC3)C(N3CCNC3)(N3CCCN3)C(c3ncc4[nH]cnc4n3)(N3CCCC3)O2)c1. The van der Waals surface area contributed by atoms with Gasteiger partial charge in [0.2, 0.25) is 11.5 Å². The number of hydrogen-bond acceptors (Lipinski definition) is 11. The monoisotopic (exact) mass is 562 g/mol. The first kappa shape index (κ1) is 26.2. The molecule has 220 valence electrons. The van der Waals surface area contributed by atoms with E-state index >= 15 is 0 Å². The number of ether oxygens (including phenoxy) is 1. The number of nitrogens with one attached hydrogen (secondary N) is 4. The van der Waals surface area contributed by atoms with Gasteiger partial charge >= 0.3 is 0 Å². The van der Waals surface area contributed by atoms with Gasteiger partial charge in [-0.15, -0.1) is 0 Å². The first-order valence-corrected chi connectivity index (χ1v) is 15.5. The van der Waals surface area contributed by atoms with Crippen LogP contribution in [0.15, 0.2) is 30.9 Å². The van der Waals surface area contributed by atoms with Crippen LogP contribution < -0.4 is 10.7 Å². The molecule has 0 radical (unpaired) electrons. The summed E-state index contributed by atoms with van der Waals surface area (Å²) >= 11 is 0. The van der Waals surface area contributed by atoms with E-state index < -0.39 is 11.5 Å². The van der Waals surface area contributed by atoms with Crippen molar-refractivity contribution in [3.63, 3.8) is 0 Å². The molecule has 4 N–H and O–H groups in total. The van der Waals surface area contributed by atoms with E-state index in [2.05, 4.69) is 62.7 Å². The van der Waals surface area contributed by atoms with Crippen molar-refractivity contribution in [1.82, 2.24) is 60.5 Å². The Balaban J connectivity index is 1.43. The van der Waals surface area contributed by atoms with Gasteiger partial charge in [0.05, 0.1) is 19.2 Å². The first-order valence-electron chi connectivity index (χ1n) is 15.5. The zero-order valence-corrected chi connectivity index (χ0v) is 23.8. The van der Waals surface area contributed by atoms with Gasteiger partial charge in [0.1, 0.15) is 11.6 Å². The molecule has 3 aromatic heterocycles. The summed E-state index contributed by atoms with van der Waals surface area (Å²) < 4.78 is 7.69. The normalized spacial score (nSPS) is 33.4. The minimum Gasteiger partial charge on any atom is -0.363 e. The molecule has 41 heavy (non-hydrogen) atoms. The smallest absolute Gasteiger partial charge is 0.232 e. The standard InChI is InChI=1S/C28H42N12O/c1-2-14-38(15-3-1)40-19-24(22-8-6-9-30-22)41-27(36-12-4-5-13-36,26-31-18-23-25(35-26)33-20-32-23)28(40,37-17-11-29-21-37)39-16-7-10-34-39/h6,8-9,18,20,24,29-30,34H,1-5,7,10-17,19,21H2,(H,31,32,33,35). The van der Waals surface area contributed by atoms with E-state index in [-0.39, 0.29) is 6.10 Å². The van der Waals surface area contributed by atoms with Crippen molar-refractivity contribution in [2.75, 3.05) is 65.6 Å². The molecule has 3 aromatic rings. The summed E-state index contributed by atoms with van der Waals surface area (Å²) in [7, 11) is 0. The van der Waals surface area contributed by atoms with Crippen molar-refractivity contribution in [2.24, 2.45) is 0 Å². The van der Waals surface area contributed by atoms with Gasteiger partial charge in [0.25, 0.3) is 0 Å². The highest BCUT2D eigenvalue weighted by atomic mass is 16.5. The summed E-state index contributed by atoms with van der Waals surface area (Å²) in [6.07, 6.45) is 12.4. The molecule has 3 unspecified atom stereocenters. The van der Waals surface area contributed by atoms with Crippen molar-refractivity contribution in [3.8, 4) is 0 Å². The number of aromatic amines is 2. The van der Waals surface area contributed by atoms with E-state index in [1.54, 1.807) is 6.33 Å². The minimum absolute atomic E-state index is 0.197. The number of fused-ring (bicyclic) bond motifs is 1. The van der Waals surface area contributed by atoms with Gasteiger partial charge < -0.3 is 20.0 Å². The molecular weight excluding hydrogens is 520 g/mol. The fourth-order valence-corrected chi connectivity index (χ4v) is 7.92. The van der Waals surface area contributed by atoms with Crippen LogP contribution in [0.25, 0.3) is 11.2 Å². The van der Waals surface area contributed by atoms with Gasteiger partial charge in [-0.05, 0) is 44.2 Å². The van der Waals surface area contributed by atoms with Gasteiger partial charge in [0.15, 0.2) is 11.5 Å². The third-order valence-corrected chi connectivity index (χ3v) is 9.68. The number of piperidine rings is 1. The number of morpholine rings is 1. The minimum atomic E-state index is -1.01. The van der Waals surface area contributed by atoms with E-state index in [1.165, 1.54) is 19.3 Å². The highest BCUT2D eigenvalue weighted by Crippen LogP contribution is 2.54. The van der Waals surface area contributed by atoms with E-state index in [0.29, 0.717) is 11.5 Å². The summed E-state index contributed by atoms with van der Waals surface area (Å²) in [5, 5.41) is 11.4. The molecule has 0 spiro atoms. The summed E-state index contributed by atoms with van der Waals surface area (Å²) in [5.74, 6) is -0.0558. The molecule has 0 saturated carbocycles. The highest BCUT2D eigenvalue weighted by molar-refractivity contribution is 5.68. The second-order valence-electron chi connectivity index (χ2n) is 12.0. The predicted molar refractivity (Wildman–Crippen MR) is 153 cm³/mol. The molecule has 0 bridgehead atoms. The molecule has 13 heteroatoms. The van der Waals surface area contributed by atoms with Crippen LogP contribution in [0.2, 0.25) is 0 Å². The van der Waals surface area contributed by atoms with Crippen molar-refractivity contribution in [1.29, 1.82) is 0 Å². The quantitative estimate of drug-likeness (QED) is 0.346. The Morgan fingerprint density at radius 1 is 0.878 bits per heavy atom. The van der Waals surface area contributed by atoms with Crippen LogP contribution in [0.4, 0.5) is 0 Å². The zero-order valence-electron chi connectivity index (χ0n) is 23.8. The molecule has 5 aliphatic rings. The predicted octanol–water partition coefficient (Wildman–Crippen LogP) is 1.13. The third-order valence-electron chi connectivity index (χ3n) is 9.68. The molecule has 8 heterocycles. The second-order valence-corrected chi connectivity index (χ2v) is 12.0. The summed E-state index contributed by atoms with van der Waals surface area (Å²) in [6, 6.07) is 4.23. The largest absolute Gasteiger partial charge is 0.363 e. The van der Waals surface area contributed by atoms with Crippen LogP contribution in [0.3, 0.4) is 0 Å². The van der Waals surface area contributed by atoms with Crippen molar-refractivity contribution in [2.45, 2.75) is 56.1 Å². The molecule has 0 amide bonds. The van der Waals surface area contributed by atoms with Gasteiger partial charge in [-0.25, -0.2) is 25.0 Å². The Kier molecular flexibility index (Phi) is 6.80. The lowest BCUT2D eigenvalue weighted by molar-refractivity contribution is -0.423. The van der Waals surface area contributed by atoms with Crippen LogP contribution in [-0.2, 0) is 10.5 Å². The van der Waals surface area contributed by atoms with Crippen molar-refractivity contribution in [3.05, 3.63) is 42.4 Å². The number of rotatable bonds is 6. The molecule has 5 saturated heterocycles. The number of aromatic nitrogens is 5. The third kappa shape index (κ3) is 4.02. The number of imidazole rings is 1. The fourth-order valence-electron chi connectivity index (χ4n) is 7.92. The average molecular weight is 563 g/mol. The fraction of sp³-hybridized carbons (Fsp3) is 0.679. The van der Waals surface area contributed by atoms with E-state index in [4.69, 9.17) is 14.7 Å². The lowest BCUT2D eigenvalue weighted by Crippen LogP contribution is -2.87. The van der Waals surface area contributed by atoms with E-state index in [0.717, 1.165) is 96.0 Å². The molecule has 0 aliphatic carbocycles. The molecule has 13 nitrogen and oxygen atoms in total. The van der Waals surface area contributed by atoms with Crippen molar-refractivity contribution >= 4 is 11.2 Å². The lowest BCUT2D eigenvalue weighted by atomic mass is 9.92. The lowest BCUT2D eigenvalue weighted by Gasteiger charge is -2.68. The summed E-state index contributed by atoms with van der Waals surface area (Å²) in [5.41, 5.74) is 5.43. The number of hydrazine groups is 2. The van der Waals surface area contributed by atoms with Crippen LogP contribution in [-0.4, -0.2) is 121 Å². The maximum Gasteiger partial charge on any atom is 0.232 e. The van der Waals surface area contributed by atoms with E-state index in [9.17, 15) is 0 Å². The average Bonchev–Trinajstić information content (AvgIpc) is 3.86. The van der Waals surface area contributed by atoms with Crippen molar-refractivity contribution < 1.29 is 4.74 Å². The van der Waals surface area contributed by atoms with Gasteiger partial charge in [-0.3, -0.25) is 15.2 Å². The molecule has 8 rings (SSSR count). The maximum atomic E-state index is 7.69. The second kappa shape index (κ2) is 10.7. The van der Waals surface area contributed by atoms with Gasteiger partial charge in [0, 0.05) is 70.8 Å². The Morgan fingerprint density at radius 3 is 2.51 bits per heavy atom. The zero-order chi connectivity index (χ0) is 27.3. The Hall–Kier alpha value is -2.49. The van der Waals surface area contributed by atoms with Gasteiger partial charge in [-0.1, -0.05) is 6.42 Å². The van der Waals surface area contributed by atoms with Crippen LogP contribution >= 0.6 is 0 Å². The number of hydrogen-bond donors (Lipinski definition) is 4. The number of nitrogens with zero attached hydrogens (tertiary/aromatic N) is 8. The Morgan fingerprint density at radius 2 is 1.76 bits per heavy atom. The molecule has 5 aliphatic heterocycles. The van der Waals surface area contributed by atoms with Crippen LogP contribution in [0.5, 0.6) is 0 Å². The summed E-state index contributed by atoms with van der Waals surface area (Å²) in [6.45, 7) is 9.08. The van der Waals surface area contributed by atoms with Gasteiger partial charge in [-0.2, -0.15) is 5.01 Å². The highest BCUT2D eigenvalue weighted by Gasteiger charge is 2.73. The van der Waals surface area contributed by atoms with Crippen LogP contribution in [0.1, 0.15) is 56.1 Å². The van der Waals surface area contributed by atoms with E-state index in [1.807, 2.05) is 12.4 Å². The Bertz CT molecular complexity index is 1290. The van der Waals surface area contributed by atoms with Crippen LogP contribution in [0, 0.1) is 0 Å². The molecule has 0 aromatic carbocycles. The Labute approximate surface area is 240 Å². The molecule has 3 atom stereocenters. The topological polar surface area (TPSA) is 120 Å². The summed E-state index contributed by atoms with van der Waals surface area (Å²) in [4.78, 5) is 26.8. The molecular formula is C28H42N12O. The maximum absolute atomic E-state index is 7.69. The first-order chi connectivity index (χ1) is 20.3. The number of likely N-dealkylation sites (tertiary alicyclic amines) is 1. The number of H-pyrrole nitrogens is 2.